The van der Waals surface area contributed by atoms with Crippen LogP contribution in [0.3, 0.4) is 0 Å². The van der Waals surface area contributed by atoms with Gasteiger partial charge >= 0.3 is 0 Å². The maximum absolute atomic E-state index is 6.10. The number of aromatic nitrogens is 2. The third-order valence-corrected chi connectivity index (χ3v) is 4.37. The molecule has 2 N–H and O–H groups in total. The summed E-state index contributed by atoms with van der Waals surface area (Å²) in [5.41, 5.74) is 0.903. The van der Waals surface area contributed by atoms with Gasteiger partial charge in [0.1, 0.15) is 17.5 Å². The smallest absolute Gasteiger partial charge is 0.136 e. The Morgan fingerprint density at radius 2 is 1.95 bits per heavy atom. The molecule has 6 heteroatoms. The van der Waals surface area contributed by atoms with Crippen LogP contribution in [0.4, 0.5) is 17.3 Å². The molecule has 1 heterocycles. The minimum absolute atomic E-state index is 0.511. The summed E-state index contributed by atoms with van der Waals surface area (Å²) >= 11 is 9.48. The summed E-state index contributed by atoms with van der Waals surface area (Å²) < 4.78 is 0.877. The van der Waals surface area contributed by atoms with Crippen LogP contribution in [0.5, 0.6) is 0 Å². The summed E-state index contributed by atoms with van der Waals surface area (Å²) in [5, 5.41) is 7.01. The van der Waals surface area contributed by atoms with Crippen molar-refractivity contribution in [2.45, 2.75) is 18.8 Å². The molecule has 1 fully saturated rings. The Kier molecular flexibility index (Phi) is 3.81. The number of hydrogen-bond donors (Lipinski definition) is 2. The summed E-state index contributed by atoms with van der Waals surface area (Å²) in [6, 6.07) is 7.62. The molecule has 1 saturated carbocycles. The van der Waals surface area contributed by atoms with E-state index in [1.54, 1.807) is 0 Å². The number of nitrogens with zero attached hydrogens (tertiary/aromatic N) is 2. The maximum Gasteiger partial charge on any atom is 0.136 e. The lowest BCUT2D eigenvalue weighted by atomic mass is 10.3. The zero-order valence-corrected chi connectivity index (χ0v) is 13.3. The van der Waals surface area contributed by atoms with Gasteiger partial charge in [0.05, 0.1) is 5.02 Å². The first kappa shape index (κ1) is 13.6. The number of anilines is 3. The lowest BCUT2D eigenvalue weighted by Crippen LogP contribution is -2.03. The van der Waals surface area contributed by atoms with Crippen LogP contribution in [0.15, 0.2) is 28.7 Å². The van der Waals surface area contributed by atoms with E-state index in [2.05, 4.69) is 36.5 Å². The molecule has 4 nitrogen and oxygen atoms in total. The van der Waals surface area contributed by atoms with Crippen molar-refractivity contribution < 1.29 is 0 Å². The van der Waals surface area contributed by atoms with Gasteiger partial charge in [0.25, 0.3) is 0 Å². The Hall–Kier alpha value is -1.33. The quantitative estimate of drug-likeness (QED) is 0.846. The maximum atomic E-state index is 6.10. The molecule has 3 rings (SSSR count). The predicted octanol–water partition coefficient (Wildman–Crippen LogP) is 4.56. The molecule has 0 radical (unpaired) electrons. The number of nitrogens with one attached hydrogen (secondary N) is 2. The molecule has 104 valence electrons. The van der Waals surface area contributed by atoms with E-state index in [4.69, 9.17) is 11.6 Å². The van der Waals surface area contributed by atoms with E-state index < -0.39 is 0 Å². The number of benzene rings is 1. The van der Waals surface area contributed by atoms with E-state index >= 15 is 0 Å². The van der Waals surface area contributed by atoms with Crippen LogP contribution in [0.2, 0.25) is 5.02 Å². The third kappa shape index (κ3) is 3.04. The van der Waals surface area contributed by atoms with Crippen molar-refractivity contribution in [1.82, 2.24) is 9.97 Å². The highest BCUT2D eigenvalue weighted by Crippen LogP contribution is 2.39. The molecular formula is C14H14BrClN4. The first-order chi connectivity index (χ1) is 9.65. The Morgan fingerprint density at radius 1 is 1.20 bits per heavy atom. The van der Waals surface area contributed by atoms with Crippen molar-refractivity contribution in [3.8, 4) is 0 Å². The molecular weight excluding hydrogens is 340 g/mol. The van der Waals surface area contributed by atoms with Crippen LogP contribution in [-0.2, 0) is 0 Å². The summed E-state index contributed by atoms with van der Waals surface area (Å²) in [4.78, 5) is 9.07. The molecule has 0 bridgehead atoms. The van der Waals surface area contributed by atoms with E-state index in [-0.39, 0.29) is 0 Å². The van der Waals surface area contributed by atoms with Crippen molar-refractivity contribution in [3.05, 3.63) is 39.6 Å². The topological polar surface area (TPSA) is 49.8 Å². The van der Waals surface area contributed by atoms with Gasteiger partial charge in [0, 0.05) is 29.2 Å². The number of halogens is 2. The minimum atomic E-state index is 0.511. The van der Waals surface area contributed by atoms with Gasteiger partial charge in [-0.25, -0.2) is 9.97 Å². The summed E-state index contributed by atoms with van der Waals surface area (Å²) in [5.74, 6) is 3.03. The summed E-state index contributed by atoms with van der Waals surface area (Å²) in [6.45, 7) is 0. The van der Waals surface area contributed by atoms with E-state index in [1.807, 2.05) is 31.3 Å². The SMILES string of the molecule is CNc1cc(Nc2ccc(Br)c(Cl)c2)nc(C2CC2)n1. The van der Waals surface area contributed by atoms with Gasteiger partial charge in [-0.15, -0.1) is 0 Å². The van der Waals surface area contributed by atoms with Gasteiger partial charge in [-0.05, 0) is 47.0 Å². The van der Waals surface area contributed by atoms with Gasteiger partial charge in [0.2, 0.25) is 0 Å². The van der Waals surface area contributed by atoms with Gasteiger partial charge in [-0.3, -0.25) is 0 Å². The van der Waals surface area contributed by atoms with Crippen LogP contribution < -0.4 is 10.6 Å². The van der Waals surface area contributed by atoms with Crippen LogP contribution in [0.1, 0.15) is 24.6 Å². The second kappa shape index (κ2) is 5.58. The van der Waals surface area contributed by atoms with E-state index in [0.29, 0.717) is 10.9 Å². The average molecular weight is 354 g/mol. The van der Waals surface area contributed by atoms with Crippen LogP contribution in [0, 0.1) is 0 Å². The van der Waals surface area contributed by atoms with Gasteiger partial charge in [-0.1, -0.05) is 11.6 Å². The molecule has 0 unspecified atom stereocenters. The van der Waals surface area contributed by atoms with Crippen LogP contribution >= 0.6 is 27.5 Å². The zero-order chi connectivity index (χ0) is 14.1. The average Bonchev–Trinajstić information content (AvgIpc) is 3.27. The van der Waals surface area contributed by atoms with Crippen molar-refractivity contribution >= 4 is 44.9 Å². The summed E-state index contributed by atoms with van der Waals surface area (Å²) in [7, 11) is 1.86. The highest BCUT2D eigenvalue weighted by Gasteiger charge is 2.27. The predicted molar refractivity (Wildman–Crippen MR) is 86.0 cm³/mol. The molecule has 0 aliphatic heterocycles. The fourth-order valence-electron chi connectivity index (χ4n) is 1.90. The Bertz CT molecular complexity index is 643. The Balaban J connectivity index is 1.88. The normalized spacial score (nSPS) is 14.2. The molecule has 0 atom stereocenters. The largest absolute Gasteiger partial charge is 0.373 e. The highest BCUT2D eigenvalue weighted by atomic mass is 79.9. The standard InChI is InChI=1S/C14H14BrClN4/c1-17-12-7-13(20-14(19-12)8-2-3-8)18-9-4-5-10(15)11(16)6-9/h4-8H,2-3H2,1H3,(H2,17,18,19,20). The first-order valence-corrected chi connectivity index (χ1v) is 7.61. The monoisotopic (exact) mass is 352 g/mol. The lowest BCUT2D eigenvalue weighted by Gasteiger charge is -2.10. The fourth-order valence-corrected chi connectivity index (χ4v) is 2.33. The van der Waals surface area contributed by atoms with E-state index in [1.165, 1.54) is 12.8 Å². The zero-order valence-electron chi connectivity index (χ0n) is 11.0. The number of hydrogen-bond acceptors (Lipinski definition) is 4. The van der Waals surface area contributed by atoms with Crippen molar-refractivity contribution in [3.63, 3.8) is 0 Å². The molecule has 1 aliphatic rings. The minimum Gasteiger partial charge on any atom is -0.373 e. The van der Waals surface area contributed by atoms with Crippen molar-refractivity contribution in [1.29, 1.82) is 0 Å². The Labute approximate surface area is 131 Å². The van der Waals surface area contributed by atoms with Gasteiger partial charge in [0.15, 0.2) is 0 Å². The molecule has 0 amide bonds. The van der Waals surface area contributed by atoms with E-state index in [9.17, 15) is 0 Å². The molecule has 0 saturated heterocycles. The first-order valence-electron chi connectivity index (χ1n) is 6.44. The summed E-state index contributed by atoms with van der Waals surface area (Å²) in [6.07, 6.45) is 2.35. The molecule has 2 aromatic rings. The Morgan fingerprint density at radius 3 is 2.60 bits per heavy atom. The second-order valence-corrected chi connectivity index (χ2v) is 6.04. The fraction of sp³-hybridized carbons (Fsp3) is 0.286. The molecule has 20 heavy (non-hydrogen) atoms. The van der Waals surface area contributed by atoms with E-state index in [0.717, 1.165) is 27.6 Å². The molecule has 0 spiro atoms. The molecule has 1 aromatic heterocycles. The van der Waals surface area contributed by atoms with Crippen LogP contribution in [-0.4, -0.2) is 17.0 Å². The van der Waals surface area contributed by atoms with Gasteiger partial charge in [-0.2, -0.15) is 0 Å². The second-order valence-electron chi connectivity index (χ2n) is 4.77. The third-order valence-electron chi connectivity index (χ3n) is 3.13. The molecule has 1 aromatic carbocycles. The highest BCUT2D eigenvalue weighted by molar-refractivity contribution is 9.10. The number of rotatable bonds is 4. The van der Waals surface area contributed by atoms with Crippen molar-refractivity contribution in [2.75, 3.05) is 17.7 Å². The molecule has 1 aliphatic carbocycles. The van der Waals surface area contributed by atoms with Crippen molar-refractivity contribution in [2.24, 2.45) is 0 Å². The van der Waals surface area contributed by atoms with Crippen LogP contribution in [0.25, 0.3) is 0 Å². The van der Waals surface area contributed by atoms with Gasteiger partial charge < -0.3 is 10.6 Å². The lowest BCUT2D eigenvalue weighted by molar-refractivity contribution is 0.932.